The summed E-state index contributed by atoms with van der Waals surface area (Å²) in [7, 11) is 1.68. The monoisotopic (exact) mass is 402 g/mol. The zero-order valence-corrected chi connectivity index (χ0v) is 15.6. The number of halogens is 1. The molecule has 122 valence electrons. The largest absolute Gasteiger partial charge is 0.506 e. The van der Waals surface area contributed by atoms with Crippen LogP contribution in [0.1, 0.15) is 11.1 Å². The summed E-state index contributed by atoms with van der Waals surface area (Å²) in [4.78, 5) is 18.9. The van der Waals surface area contributed by atoms with Crippen molar-refractivity contribution in [2.75, 3.05) is 7.05 Å². The number of carbonyl (C=O) groups excluding carboxylic acids is 1. The minimum atomic E-state index is -0.103. The molecule has 1 saturated heterocycles. The smallest absolute Gasteiger partial charge is 0.266 e. The van der Waals surface area contributed by atoms with E-state index in [1.807, 2.05) is 43.3 Å². The molecular weight excluding hydrogens is 388 g/mol. The normalized spacial score (nSPS) is 18.0. The molecule has 0 radical (unpaired) electrons. The molecule has 4 nitrogen and oxygen atoms in total. The maximum absolute atomic E-state index is 12.4. The summed E-state index contributed by atoms with van der Waals surface area (Å²) in [6, 6.07) is 13.0. The van der Waals surface area contributed by atoms with Crippen LogP contribution >= 0.6 is 27.7 Å². The second-order valence-electron chi connectivity index (χ2n) is 5.41. The van der Waals surface area contributed by atoms with E-state index in [1.165, 1.54) is 16.7 Å². The van der Waals surface area contributed by atoms with Crippen molar-refractivity contribution in [2.24, 2.45) is 4.99 Å². The third-order valence-corrected chi connectivity index (χ3v) is 5.11. The Hall–Kier alpha value is -2.05. The van der Waals surface area contributed by atoms with Crippen LogP contribution in [0.25, 0.3) is 6.08 Å². The zero-order valence-electron chi connectivity index (χ0n) is 13.2. The van der Waals surface area contributed by atoms with Crippen LogP contribution in [-0.2, 0) is 4.79 Å². The molecule has 3 rings (SSSR count). The van der Waals surface area contributed by atoms with Crippen molar-refractivity contribution in [3.63, 3.8) is 0 Å². The van der Waals surface area contributed by atoms with Gasteiger partial charge >= 0.3 is 0 Å². The summed E-state index contributed by atoms with van der Waals surface area (Å²) >= 11 is 4.69. The molecule has 0 aliphatic carbocycles. The first-order valence-electron chi connectivity index (χ1n) is 7.25. The number of nitrogens with zero attached hydrogens (tertiary/aromatic N) is 2. The van der Waals surface area contributed by atoms with Gasteiger partial charge in [-0.3, -0.25) is 9.69 Å². The molecule has 1 fully saturated rings. The molecule has 0 atom stereocenters. The Morgan fingerprint density at radius 2 is 1.92 bits per heavy atom. The van der Waals surface area contributed by atoms with Gasteiger partial charge in [-0.15, -0.1) is 0 Å². The summed E-state index contributed by atoms with van der Waals surface area (Å²) in [6.07, 6.45) is 1.84. The molecule has 1 amide bonds. The summed E-state index contributed by atoms with van der Waals surface area (Å²) in [5.74, 6) is 0.00237. The van der Waals surface area contributed by atoms with Crippen LogP contribution in [0.4, 0.5) is 5.69 Å². The predicted octanol–water partition coefficient (Wildman–Crippen LogP) is 4.70. The van der Waals surface area contributed by atoms with Crippen LogP contribution < -0.4 is 0 Å². The summed E-state index contributed by atoms with van der Waals surface area (Å²) in [5.41, 5.74) is 2.35. The molecule has 1 aliphatic heterocycles. The quantitative estimate of drug-likeness (QED) is 0.740. The number of aliphatic imine (C=N–C) groups is 1. The first kappa shape index (κ1) is 16.8. The second-order valence-corrected chi connectivity index (χ2v) is 7.34. The Labute approximate surface area is 153 Å². The molecule has 1 heterocycles. The fraction of sp³-hybridized carbons (Fsp3) is 0.111. The van der Waals surface area contributed by atoms with Gasteiger partial charge in [0.2, 0.25) is 0 Å². The van der Waals surface area contributed by atoms with E-state index in [4.69, 9.17) is 0 Å². The van der Waals surface area contributed by atoms with Gasteiger partial charge in [-0.25, -0.2) is 4.99 Å². The number of carbonyl (C=O) groups is 1. The van der Waals surface area contributed by atoms with Crippen LogP contribution in [0.3, 0.4) is 0 Å². The fourth-order valence-corrected chi connectivity index (χ4v) is 3.44. The lowest BCUT2D eigenvalue weighted by Gasteiger charge is -2.08. The van der Waals surface area contributed by atoms with E-state index in [0.717, 1.165) is 15.6 Å². The van der Waals surface area contributed by atoms with Crippen molar-refractivity contribution in [3.05, 3.63) is 63.0 Å². The summed E-state index contributed by atoms with van der Waals surface area (Å²) in [6.45, 7) is 1.90. The average molecular weight is 403 g/mol. The van der Waals surface area contributed by atoms with E-state index in [-0.39, 0.29) is 11.7 Å². The summed E-state index contributed by atoms with van der Waals surface area (Å²) < 4.78 is 0.990. The molecule has 0 unspecified atom stereocenters. The van der Waals surface area contributed by atoms with Gasteiger partial charge in [-0.2, -0.15) is 0 Å². The molecule has 1 N–H and O–H groups in total. The lowest BCUT2D eigenvalue weighted by molar-refractivity contribution is -0.121. The van der Waals surface area contributed by atoms with Crippen LogP contribution in [0.2, 0.25) is 0 Å². The van der Waals surface area contributed by atoms with Crippen LogP contribution in [-0.4, -0.2) is 28.1 Å². The van der Waals surface area contributed by atoms with E-state index >= 15 is 0 Å². The van der Waals surface area contributed by atoms with Crippen molar-refractivity contribution in [2.45, 2.75) is 6.92 Å². The third-order valence-electron chi connectivity index (χ3n) is 3.52. The first-order chi connectivity index (χ1) is 11.4. The molecule has 0 bridgehead atoms. The number of likely N-dealkylation sites (N-methyl/N-ethyl adjacent to an activating group) is 1. The minimum absolute atomic E-state index is 0.103. The number of thioether (sulfide) groups is 1. The van der Waals surface area contributed by atoms with E-state index in [2.05, 4.69) is 20.9 Å². The van der Waals surface area contributed by atoms with E-state index in [9.17, 15) is 9.90 Å². The predicted molar refractivity (Wildman–Crippen MR) is 102 cm³/mol. The highest BCUT2D eigenvalue weighted by Gasteiger charge is 2.30. The average Bonchev–Trinajstić information content (AvgIpc) is 2.80. The molecule has 6 heteroatoms. The molecule has 2 aromatic rings. The van der Waals surface area contributed by atoms with Gasteiger partial charge in [0.15, 0.2) is 5.17 Å². The van der Waals surface area contributed by atoms with E-state index in [1.54, 1.807) is 19.2 Å². The second kappa shape index (κ2) is 6.83. The summed E-state index contributed by atoms with van der Waals surface area (Å²) in [5, 5.41) is 10.5. The van der Waals surface area contributed by atoms with Gasteiger partial charge in [0, 0.05) is 11.5 Å². The Kier molecular flexibility index (Phi) is 4.78. The number of hydrogen-bond acceptors (Lipinski definition) is 4. The van der Waals surface area contributed by atoms with Gasteiger partial charge in [0.05, 0.1) is 4.91 Å². The van der Waals surface area contributed by atoms with Gasteiger partial charge < -0.3 is 5.11 Å². The maximum Gasteiger partial charge on any atom is 0.266 e. The number of rotatable bonds is 2. The fourth-order valence-electron chi connectivity index (χ4n) is 2.19. The van der Waals surface area contributed by atoms with Gasteiger partial charge in [-0.1, -0.05) is 34.1 Å². The van der Waals surface area contributed by atoms with E-state index in [0.29, 0.717) is 15.8 Å². The molecule has 1 aliphatic rings. The SMILES string of the molecule is Cc1ccc(N=C2S/C(=C\c3ccc(Br)cc3)C(=O)N2C)c(O)c1. The Balaban J connectivity index is 1.91. The minimum Gasteiger partial charge on any atom is -0.506 e. The molecular formula is C18H15BrN2O2S. The lowest BCUT2D eigenvalue weighted by atomic mass is 10.2. The Morgan fingerprint density at radius 3 is 2.58 bits per heavy atom. The van der Waals surface area contributed by atoms with Crippen molar-refractivity contribution >= 4 is 50.5 Å². The van der Waals surface area contributed by atoms with Gasteiger partial charge in [0.25, 0.3) is 5.91 Å². The van der Waals surface area contributed by atoms with Crippen LogP contribution in [0.15, 0.2) is 56.8 Å². The number of amidine groups is 1. The standard InChI is InChI=1S/C18H15BrN2O2S/c1-11-3-8-14(15(22)9-11)20-18-21(2)17(23)16(24-18)10-12-4-6-13(19)7-5-12/h3-10,22H,1-2H3/b16-10-,20-18?. The maximum atomic E-state index is 12.4. The number of aryl methyl sites for hydroxylation is 1. The highest BCUT2D eigenvalue weighted by atomic mass is 79.9. The number of phenols is 1. The Bertz CT molecular complexity index is 860. The molecule has 0 aromatic heterocycles. The number of phenolic OH excluding ortho intramolecular Hbond substituents is 1. The molecule has 0 saturated carbocycles. The third kappa shape index (κ3) is 3.55. The van der Waals surface area contributed by atoms with Crippen molar-refractivity contribution in [1.82, 2.24) is 4.90 Å². The first-order valence-corrected chi connectivity index (χ1v) is 8.86. The zero-order chi connectivity index (χ0) is 17.3. The molecule has 0 spiro atoms. The number of benzene rings is 2. The van der Waals surface area contributed by atoms with Gasteiger partial charge in [0.1, 0.15) is 11.4 Å². The molecule has 24 heavy (non-hydrogen) atoms. The highest BCUT2D eigenvalue weighted by Crippen LogP contribution is 2.35. The van der Waals surface area contributed by atoms with E-state index < -0.39 is 0 Å². The highest BCUT2D eigenvalue weighted by molar-refractivity contribution is 9.10. The van der Waals surface area contributed by atoms with Crippen molar-refractivity contribution in [3.8, 4) is 5.75 Å². The Morgan fingerprint density at radius 1 is 1.21 bits per heavy atom. The molecule has 2 aromatic carbocycles. The van der Waals surface area contributed by atoms with Crippen molar-refractivity contribution in [1.29, 1.82) is 0 Å². The topological polar surface area (TPSA) is 52.9 Å². The number of amides is 1. The van der Waals surface area contributed by atoms with Crippen LogP contribution in [0.5, 0.6) is 5.75 Å². The van der Waals surface area contributed by atoms with Gasteiger partial charge in [-0.05, 0) is 60.2 Å². The number of aromatic hydroxyl groups is 1. The lowest BCUT2D eigenvalue weighted by Crippen LogP contribution is -2.23. The van der Waals surface area contributed by atoms with Crippen molar-refractivity contribution < 1.29 is 9.90 Å². The van der Waals surface area contributed by atoms with Crippen LogP contribution in [0, 0.1) is 6.92 Å². The number of hydrogen-bond donors (Lipinski definition) is 1.